The molecule has 0 radical (unpaired) electrons. The molecule has 0 N–H and O–H groups in total. The van der Waals surface area contributed by atoms with Crippen LogP contribution in [-0.2, 0) is 24.0 Å². The van der Waals surface area contributed by atoms with Crippen LogP contribution in [0.2, 0.25) is 0 Å². The van der Waals surface area contributed by atoms with Crippen molar-refractivity contribution in [1.29, 1.82) is 0 Å². The Balaban J connectivity index is 1.46. The number of fused-ring (bicyclic) bond motifs is 2. The maximum absolute atomic E-state index is 6.45. The molecule has 1 unspecified atom stereocenters. The first-order valence-electron chi connectivity index (χ1n) is 11.3. The second-order valence-electron chi connectivity index (χ2n) is 10.9. The van der Waals surface area contributed by atoms with Gasteiger partial charge in [0, 0.05) is 24.9 Å². The molecule has 162 valence electrons. The van der Waals surface area contributed by atoms with Crippen molar-refractivity contribution >= 4 is 0 Å². The van der Waals surface area contributed by atoms with Gasteiger partial charge in [-0.2, -0.15) is 0 Å². The van der Waals surface area contributed by atoms with Crippen LogP contribution in [0, 0.1) is 23.7 Å². The van der Waals surface area contributed by atoms with E-state index in [0.717, 1.165) is 49.7 Å². The molecule has 8 atom stereocenters. The van der Waals surface area contributed by atoms with Gasteiger partial charge >= 0.3 is 0 Å². The summed E-state index contributed by atoms with van der Waals surface area (Å²) in [5.74, 6) is 0.891. The minimum Gasteiger partial charge on any atom is -0.352 e. The Hall–Kier alpha value is -0.240. The summed E-state index contributed by atoms with van der Waals surface area (Å²) in [6.45, 7) is 8.46. The summed E-state index contributed by atoms with van der Waals surface area (Å²) >= 11 is 0. The molecule has 28 heavy (non-hydrogen) atoms. The van der Waals surface area contributed by atoms with Gasteiger partial charge in [-0.25, -0.2) is 9.78 Å². The van der Waals surface area contributed by atoms with Crippen molar-refractivity contribution in [2.45, 2.75) is 83.3 Å². The van der Waals surface area contributed by atoms with E-state index >= 15 is 0 Å². The first-order chi connectivity index (χ1) is 13.1. The first kappa shape index (κ1) is 21.0. The van der Waals surface area contributed by atoms with Crippen LogP contribution in [0.25, 0.3) is 0 Å². The van der Waals surface area contributed by atoms with Crippen molar-refractivity contribution < 1.29 is 28.5 Å². The summed E-state index contributed by atoms with van der Waals surface area (Å²) in [7, 11) is 6.69. The van der Waals surface area contributed by atoms with E-state index in [2.05, 4.69) is 35.0 Å². The lowest BCUT2D eigenvalue weighted by molar-refractivity contribution is -0.870. The van der Waals surface area contributed by atoms with E-state index in [9.17, 15) is 0 Å². The quantitative estimate of drug-likeness (QED) is 0.388. The fourth-order valence-corrected chi connectivity index (χ4v) is 5.95. The van der Waals surface area contributed by atoms with Gasteiger partial charge in [0.1, 0.15) is 0 Å². The monoisotopic (exact) mass is 398 g/mol. The van der Waals surface area contributed by atoms with Crippen LogP contribution in [0.4, 0.5) is 0 Å². The molecule has 0 aromatic rings. The Bertz CT molecular complexity index is 566. The molecule has 2 bridgehead atoms. The van der Waals surface area contributed by atoms with Gasteiger partial charge in [0.05, 0.1) is 27.7 Å². The zero-order valence-corrected chi connectivity index (χ0v) is 18.6. The number of rotatable bonds is 6. The number of nitrogens with zero attached hydrogens (tertiary/aromatic N) is 1. The summed E-state index contributed by atoms with van der Waals surface area (Å²) in [6.07, 6.45) is 5.84. The van der Waals surface area contributed by atoms with Crippen molar-refractivity contribution in [3.63, 3.8) is 0 Å². The van der Waals surface area contributed by atoms with Crippen molar-refractivity contribution in [2.24, 2.45) is 23.7 Å². The van der Waals surface area contributed by atoms with E-state index in [-0.39, 0.29) is 12.2 Å². The molecule has 0 aromatic carbocycles. The van der Waals surface area contributed by atoms with Crippen molar-refractivity contribution in [3.8, 4) is 0 Å². The second-order valence-corrected chi connectivity index (χ2v) is 10.9. The van der Waals surface area contributed by atoms with Gasteiger partial charge in [-0.1, -0.05) is 13.8 Å². The Morgan fingerprint density at radius 1 is 1.00 bits per heavy atom. The average molecular weight is 399 g/mol. The van der Waals surface area contributed by atoms with Crippen molar-refractivity contribution in [3.05, 3.63) is 0 Å². The zero-order chi connectivity index (χ0) is 20.2. The topological polar surface area (TPSA) is 46.2 Å². The summed E-state index contributed by atoms with van der Waals surface area (Å²) in [5.41, 5.74) is -0.489. The molecule has 1 saturated carbocycles. The normalized spacial score (nSPS) is 48.2. The van der Waals surface area contributed by atoms with Crippen LogP contribution in [0.5, 0.6) is 0 Å². The SMILES string of the molecule is C[C@H]1[C@H](OCCCC[N+](C)(C)C)O[C@@H]2OC3(C)CC[C@H]4[C@H](C)CC[C@@H]1[C@]24OO3. The first-order valence-corrected chi connectivity index (χ1v) is 11.3. The maximum atomic E-state index is 6.45. The number of quaternary nitrogens is 1. The molecule has 0 amide bonds. The van der Waals surface area contributed by atoms with Gasteiger partial charge in [0.25, 0.3) is 0 Å². The summed E-state index contributed by atoms with van der Waals surface area (Å²) < 4.78 is 20.1. The zero-order valence-electron chi connectivity index (χ0n) is 18.6. The lowest BCUT2D eigenvalue weighted by atomic mass is 9.58. The molecule has 1 aliphatic carbocycles. The van der Waals surface area contributed by atoms with E-state index in [4.69, 9.17) is 24.0 Å². The van der Waals surface area contributed by atoms with Gasteiger partial charge in [-0.3, -0.25) is 0 Å². The third-order valence-electron chi connectivity index (χ3n) is 7.60. The van der Waals surface area contributed by atoms with Gasteiger partial charge in [-0.15, -0.1) is 0 Å². The third-order valence-corrected chi connectivity index (χ3v) is 7.60. The van der Waals surface area contributed by atoms with Crippen molar-refractivity contribution in [1.82, 2.24) is 0 Å². The van der Waals surface area contributed by atoms with E-state index in [1.165, 1.54) is 6.42 Å². The van der Waals surface area contributed by atoms with Crippen LogP contribution in [-0.4, -0.2) is 62.7 Å². The highest BCUT2D eigenvalue weighted by atomic mass is 17.3. The van der Waals surface area contributed by atoms with Gasteiger partial charge in [-0.05, 0) is 50.9 Å². The lowest BCUT2D eigenvalue weighted by Crippen LogP contribution is -2.70. The predicted molar refractivity (Wildman–Crippen MR) is 105 cm³/mol. The Labute approximate surface area is 170 Å². The van der Waals surface area contributed by atoms with Crippen LogP contribution in [0.15, 0.2) is 0 Å². The van der Waals surface area contributed by atoms with Gasteiger partial charge in [0.15, 0.2) is 18.2 Å². The van der Waals surface area contributed by atoms with Crippen molar-refractivity contribution in [2.75, 3.05) is 34.3 Å². The number of unbranched alkanes of at least 4 members (excludes halogenated alkanes) is 1. The number of hydrogen-bond acceptors (Lipinski definition) is 5. The fourth-order valence-electron chi connectivity index (χ4n) is 5.95. The molecular formula is C22H40NO5+. The van der Waals surface area contributed by atoms with Gasteiger partial charge < -0.3 is 18.7 Å². The fraction of sp³-hybridized carbons (Fsp3) is 1.00. The Morgan fingerprint density at radius 3 is 2.54 bits per heavy atom. The predicted octanol–water partition coefficient (Wildman–Crippen LogP) is 3.70. The largest absolute Gasteiger partial charge is 0.352 e. The van der Waals surface area contributed by atoms with E-state index < -0.39 is 17.7 Å². The highest BCUT2D eigenvalue weighted by Gasteiger charge is 2.69. The molecule has 5 rings (SSSR count). The second kappa shape index (κ2) is 7.47. The Kier molecular flexibility index (Phi) is 5.60. The summed E-state index contributed by atoms with van der Waals surface area (Å²) in [6, 6.07) is 0. The number of hydrogen-bond donors (Lipinski definition) is 0. The molecule has 6 heteroatoms. The minimum absolute atomic E-state index is 0.231. The third kappa shape index (κ3) is 3.65. The minimum atomic E-state index is -0.715. The molecule has 5 aliphatic rings. The molecule has 0 aromatic heterocycles. The van der Waals surface area contributed by atoms with E-state index in [1.54, 1.807) is 0 Å². The molecule has 5 fully saturated rings. The van der Waals surface area contributed by atoms with Gasteiger partial charge in [0.2, 0.25) is 5.79 Å². The maximum Gasteiger partial charge on any atom is 0.201 e. The lowest BCUT2D eigenvalue weighted by Gasteiger charge is -2.60. The van der Waals surface area contributed by atoms with E-state index in [0.29, 0.717) is 17.8 Å². The number of ether oxygens (including phenoxy) is 3. The van der Waals surface area contributed by atoms with Crippen LogP contribution in [0.3, 0.4) is 0 Å². The molecule has 4 saturated heterocycles. The highest BCUT2D eigenvalue weighted by molar-refractivity contribution is 5.09. The molecule has 1 spiro atoms. The van der Waals surface area contributed by atoms with Crippen LogP contribution in [0.1, 0.15) is 59.3 Å². The average Bonchev–Trinajstić information content (AvgIpc) is 2.84. The molecule has 4 heterocycles. The molecular weight excluding hydrogens is 358 g/mol. The molecule has 4 aliphatic heterocycles. The van der Waals surface area contributed by atoms with Crippen LogP contribution >= 0.6 is 0 Å². The summed E-state index contributed by atoms with van der Waals surface area (Å²) in [5, 5.41) is 0. The summed E-state index contributed by atoms with van der Waals surface area (Å²) in [4.78, 5) is 12.0. The van der Waals surface area contributed by atoms with E-state index in [1.807, 2.05) is 6.92 Å². The smallest absolute Gasteiger partial charge is 0.201 e. The van der Waals surface area contributed by atoms with Crippen LogP contribution < -0.4 is 0 Å². The molecule has 6 nitrogen and oxygen atoms in total. The highest BCUT2D eigenvalue weighted by Crippen LogP contribution is 2.60. The standard InChI is InChI=1S/C22H40NO5/c1-15-9-10-18-16(2)19(24-14-8-7-13-23(4,5)6)25-20-22(18)17(15)11-12-21(3,26-20)27-28-22/h15-20H,7-14H2,1-6H3/q+1/t15-,16-,17+,18+,19-,20-,21?,22+/m1/s1. The Morgan fingerprint density at radius 2 is 1.79 bits per heavy atom.